The third-order valence-electron chi connectivity index (χ3n) is 1.24. The van der Waals surface area contributed by atoms with E-state index in [1.165, 1.54) is 6.08 Å². The van der Waals surface area contributed by atoms with Crippen LogP contribution in [0.1, 0.15) is 11.4 Å². The number of pyridine rings is 1. The molecular formula is C8H8N2O. The molecule has 1 heterocycles. The zero-order chi connectivity index (χ0) is 8.27. The van der Waals surface area contributed by atoms with Crippen molar-refractivity contribution in [2.75, 3.05) is 0 Å². The molecule has 0 bridgehead atoms. The fraction of sp³-hybridized carbons (Fsp3) is 0.250. The van der Waals surface area contributed by atoms with Crippen LogP contribution < -0.4 is 0 Å². The minimum atomic E-state index is 0.616. The van der Waals surface area contributed by atoms with Crippen LogP contribution in [0.25, 0.3) is 0 Å². The van der Waals surface area contributed by atoms with Crippen molar-refractivity contribution in [1.29, 1.82) is 0 Å². The Balaban J connectivity index is 3.18. The van der Waals surface area contributed by atoms with Crippen LogP contribution in [0.4, 0.5) is 5.69 Å². The summed E-state index contributed by atoms with van der Waals surface area (Å²) in [4.78, 5) is 17.5. The summed E-state index contributed by atoms with van der Waals surface area (Å²) >= 11 is 0. The number of carbonyl (C=O) groups excluding carboxylic acids is 1. The predicted octanol–water partition coefficient (Wildman–Crippen LogP) is 1.67. The Morgan fingerprint density at radius 1 is 1.36 bits per heavy atom. The van der Waals surface area contributed by atoms with E-state index in [4.69, 9.17) is 0 Å². The molecule has 0 aliphatic heterocycles. The van der Waals surface area contributed by atoms with Crippen LogP contribution in [0.2, 0.25) is 0 Å². The van der Waals surface area contributed by atoms with Crippen LogP contribution in [-0.4, -0.2) is 11.1 Å². The smallest absolute Gasteiger partial charge is 0.240 e. The molecule has 0 saturated heterocycles. The second-order valence-electron chi connectivity index (χ2n) is 2.31. The van der Waals surface area contributed by atoms with E-state index >= 15 is 0 Å². The Morgan fingerprint density at radius 2 is 1.91 bits per heavy atom. The van der Waals surface area contributed by atoms with Gasteiger partial charge in [0.05, 0.1) is 5.69 Å². The molecule has 0 aromatic carbocycles. The lowest BCUT2D eigenvalue weighted by Gasteiger charge is -1.95. The van der Waals surface area contributed by atoms with Crippen molar-refractivity contribution in [2.45, 2.75) is 13.8 Å². The van der Waals surface area contributed by atoms with E-state index in [1.54, 1.807) is 12.1 Å². The molecule has 0 amide bonds. The zero-order valence-corrected chi connectivity index (χ0v) is 6.46. The van der Waals surface area contributed by atoms with Crippen LogP contribution in [-0.2, 0) is 4.79 Å². The maximum Gasteiger partial charge on any atom is 0.240 e. The van der Waals surface area contributed by atoms with Crippen LogP contribution in [0.5, 0.6) is 0 Å². The van der Waals surface area contributed by atoms with Gasteiger partial charge in [-0.15, -0.1) is 0 Å². The topological polar surface area (TPSA) is 42.3 Å². The monoisotopic (exact) mass is 148 g/mol. The predicted molar refractivity (Wildman–Crippen MR) is 41.5 cm³/mol. The molecule has 0 saturated carbocycles. The Bertz CT molecular complexity index is 294. The lowest BCUT2D eigenvalue weighted by molar-refractivity contribution is 0.565. The highest BCUT2D eigenvalue weighted by Crippen LogP contribution is 2.12. The van der Waals surface area contributed by atoms with Gasteiger partial charge in [-0.25, -0.2) is 4.79 Å². The van der Waals surface area contributed by atoms with Crippen molar-refractivity contribution < 1.29 is 4.79 Å². The van der Waals surface area contributed by atoms with E-state index in [0.717, 1.165) is 11.4 Å². The van der Waals surface area contributed by atoms with Crippen LogP contribution in [0, 0.1) is 13.8 Å². The molecule has 3 heteroatoms. The fourth-order valence-electron chi connectivity index (χ4n) is 0.930. The molecule has 0 spiro atoms. The molecule has 1 rings (SSSR count). The Hall–Kier alpha value is -1.47. The van der Waals surface area contributed by atoms with E-state index in [2.05, 4.69) is 9.98 Å². The maximum absolute atomic E-state index is 9.88. The van der Waals surface area contributed by atoms with Crippen molar-refractivity contribution in [2.24, 2.45) is 4.99 Å². The Morgan fingerprint density at radius 3 is 2.36 bits per heavy atom. The summed E-state index contributed by atoms with van der Waals surface area (Å²) in [5.74, 6) is 0. The first-order valence-electron chi connectivity index (χ1n) is 3.25. The van der Waals surface area contributed by atoms with Gasteiger partial charge in [-0.3, -0.25) is 4.98 Å². The first-order valence-corrected chi connectivity index (χ1v) is 3.25. The van der Waals surface area contributed by atoms with Gasteiger partial charge in [0.1, 0.15) is 0 Å². The summed E-state index contributed by atoms with van der Waals surface area (Å²) in [5.41, 5.74) is 2.34. The zero-order valence-electron chi connectivity index (χ0n) is 6.46. The third kappa shape index (κ3) is 1.99. The normalized spacial score (nSPS) is 8.91. The molecule has 1 aromatic heterocycles. The van der Waals surface area contributed by atoms with E-state index in [-0.39, 0.29) is 0 Å². The first-order chi connectivity index (χ1) is 5.22. The van der Waals surface area contributed by atoms with Crippen molar-refractivity contribution in [3.8, 4) is 0 Å². The van der Waals surface area contributed by atoms with Crippen molar-refractivity contribution in [1.82, 2.24) is 4.98 Å². The summed E-state index contributed by atoms with van der Waals surface area (Å²) in [6, 6.07) is 3.47. The summed E-state index contributed by atoms with van der Waals surface area (Å²) in [6.45, 7) is 3.72. The lowest BCUT2D eigenvalue weighted by atomic mass is 10.3. The second-order valence-corrected chi connectivity index (χ2v) is 2.31. The van der Waals surface area contributed by atoms with Gasteiger partial charge in [-0.1, -0.05) is 0 Å². The van der Waals surface area contributed by atoms with Crippen LogP contribution >= 0.6 is 0 Å². The average Bonchev–Trinajstić information content (AvgIpc) is 1.85. The van der Waals surface area contributed by atoms with Gasteiger partial charge in [0.15, 0.2) is 0 Å². The van der Waals surface area contributed by atoms with Crippen LogP contribution in [0.15, 0.2) is 17.1 Å². The highest BCUT2D eigenvalue weighted by atomic mass is 16.1. The Kier molecular flexibility index (Phi) is 2.14. The standard InChI is InChI=1S/C8H8N2O/c1-6-3-8(9-5-11)4-7(2)10-6/h3-4H,1-2H3. The van der Waals surface area contributed by atoms with Gasteiger partial charge in [0.25, 0.3) is 0 Å². The molecule has 11 heavy (non-hydrogen) atoms. The lowest BCUT2D eigenvalue weighted by Crippen LogP contribution is -1.83. The number of nitrogens with zero attached hydrogens (tertiary/aromatic N) is 2. The molecule has 0 aliphatic carbocycles. The first kappa shape index (κ1) is 7.63. The summed E-state index contributed by atoms with van der Waals surface area (Å²) in [7, 11) is 0. The van der Waals surface area contributed by atoms with Crippen LogP contribution in [0.3, 0.4) is 0 Å². The SMILES string of the molecule is Cc1cc(N=C=O)cc(C)n1. The maximum atomic E-state index is 9.88. The van der Waals surface area contributed by atoms with E-state index in [1.807, 2.05) is 13.8 Å². The Labute approximate surface area is 64.8 Å². The summed E-state index contributed by atoms with van der Waals surface area (Å²) in [5, 5.41) is 0. The number of isocyanates is 1. The summed E-state index contributed by atoms with van der Waals surface area (Å²) in [6.07, 6.45) is 1.49. The number of hydrogen-bond acceptors (Lipinski definition) is 3. The van der Waals surface area contributed by atoms with Crippen molar-refractivity contribution in [3.05, 3.63) is 23.5 Å². The molecule has 0 fully saturated rings. The van der Waals surface area contributed by atoms with E-state index < -0.39 is 0 Å². The fourth-order valence-corrected chi connectivity index (χ4v) is 0.930. The van der Waals surface area contributed by atoms with Gasteiger partial charge in [0.2, 0.25) is 6.08 Å². The van der Waals surface area contributed by atoms with Gasteiger partial charge in [-0.2, -0.15) is 4.99 Å². The third-order valence-corrected chi connectivity index (χ3v) is 1.24. The molecule has 3 nitrogen and oxygen atoms in total. The molecule has 0 aliphatic rings. The molecule has 0 unspecified atom stereocenters. The number of aryl methyl sites for hydroxylation is 2. The molecule has 0 atom stereocenters. The van der Waals surface area contributed by atoms with E-state index in [9.17, 15) is 4.79 Å². The number of rotatable bonds is 1. The minimum Gasteiger partial charge on any atom is -0.258 e. The minimum absolute atomic E-state index is 0.616. The van der Waals surface area contributed by atoms with Gasteiger partial charge in [-0.05, 0) is 26.0 Å². The highest BCUT2D eigenvalue weighted by Gasteiger charge is 1.93. The van der Waals surface area contributed by atoms with Gasteiger partial charge < -0.3 is 0 Å². The van der Waals surface area contributed by atoms with Crippen molar-refractivity contribution in [3.63, 3.8) is 0 Å². The molecule has 0 N–H and O–H groups in total. The average molecular weight is 148 g/mol. The molecule has 1 aromatic rings. The number of hydrogen-bond donors (Lipinski definition) is 0. The largest absolute Gasteiger partial charge is 0.258 e. The van der Waals surface area contributed by atoms with E-state index in [0.29, 0.717) is 5.69 Å². The van der Waals surface area contributed by atoms with Crippen molar-refractivity contribution >= 4 is 11.8 Å². The number of aromatic nitrogens is 1. The molecular weight excluding hydrogens is 140 g/mol. The highest BCUT2D eigenvalue weighted by molar-refractivity contribution is 5.49. The number of aliphatic imine (C=N–C) groups is 1. The summed E-state index contributed by atoms with van der Waals surface area (Å²) < 4.78 is 0. The quantitative estimate of drug-likeness (QED) is 0.449. The van der Waals surface area contributed by atoms with Gasteiger partial charge >= 0.3 is 0 Å². The van der Waals surface area contributed by atoms with Gasteiger partial charge in [0, 0.05) is 11.4 Å². The second kappa shape index (κ2) is 3.08. The molecule has 56 valence electrons. The molecule has 0 radical (unpaired) electrons.